The van der Waals surface area contributed by atoms with Crippen LogP contribution in [0.3, 0.4) is 0 Å². The topological polar surface area (TPSA) is 83.1 Å². The van der Waals surface area contributed by atoms with E-state index in [4.69, 9.17) is 14.5 Å². The number of ether oxygens (including phenoxy) is 2. The zero-order valence-corrected chi connectivity index (χ0v) is 22.8. The Labute approximate surface area is 233 Å². The molecule has 214 valence electrons. The highest BCUT2D eigenvalue weighted by Gasteiger charge is 2.47. The van der Waals surface area contributed by atoms with Crippen molar-refractivity contribution in [3.8, 4) is 0 Å². The number of pyridine rings is 2. The van der Waals surface area contributed by atoms with Gasteiger partial charge in [0.2, 0.25) is 0 Å². The minimum Gasteiger partial charge on any atom is -0.381 e. The highest BCUT2D eigenvalue weighted by molar-refractivity contribution is 5.65. The van der Waals surface area contributed by atoms with Gasteiger partial charge in [0.15, 0.2) is 6.30 Å². The van der Waals surface area contributed by atoms with Crippen molar-refractivity contribution in [1.82, 2.24) is 19.8 Å². The van der Waals surface area contributed by atoms with Crippen molar-refractivity contribution in [2.75, 3.05) is 62.8 Å². The third-order valence-corrected chi connectivity index (χ3v) is 8.74. The quantitative estimate of drug-likeness (QED) is 0.427. The van der Waals surface area contributed by atoms with Crippen LogP contribution >= 0.6 is 0 Å². The standard InChI is InChI=1S/C29H36F2N6O3/c1-21-18-36(28(20-38)6-11-39-12-7-28)19-26(31)37(21)27-5-4-24-25(33-27)15-22(30)16-29(24,35-9-13-40-14-10-35)34-23-3-2-8-32-17-23/h2-5,8,15,17,20-21,26,34H,6-7,9-14,16,18-19H2,1H3. The van der Waals surface area contributed by atoms with E-state index in [1.165, 1.54) is 6.08 Å². The number of piperazine rings is 1. The lowest BCUT2D eigenvalue weighted by molar-refractivity contribution is -0.128. The van der Waals surface area contributed by atoms with E-state index in [0.29, 0.717) is 70.4 Å². The summed E-state index contributed by atoms with van der Waals surface area (Å²) in [6, 6.07) is 7.27. The molecular weight excluding hydrogens is 518 g/mol. The molecular formula is C29H36F2N6O3. The first kappa shape index (κ1) is 27.2. The van der Waals surface area contributed by atoms with Crippen LogP contribution in [0.5, 0.6) is 0 Å². The maximum atomic E-state index is 15.9. The van der Waals surface area contributed by atoms with Crippen molar-refractivity contribution in [2.24, 2.45) is 0 Å². The van der Waals surface area contributed by atoms with Gasteiger partial charge in [0, 0.05) is 69.8 Å². The number of aldehydes is 1. The first-order valence-electron chi connectivity index (χ1n) is 14.0. The molecule has 0 amide bonds. The van der Waals surface area contributed by atoms with Gasteiger partial charge in [-0.25, -0.2) is 13.8 Å². The lowest BCUT2D eigenvalue weighted by Gasteiger charge is -2.51. The first-order chi connectivity index (χ1) is 19.4. The molecule has 0 saturated carbocycles. The number of nitrogens with one attached hydrogen (secondary N) is 1. The maximum Gasteiger partial charge on any atom is 0.186 e. The number of aromatic nitrogens is 2. The van der Waals surface area contributed by atoms with Gasteiger partial charge in [0.1, 0.15) is 23.6 Å². The second-order valence-corrected chi connectivity index (χ2v) is 11.1. The summed E-state index contributed by atoms with van der Waals surface area (Å²) in [6.45, 7) is 5.86. The van der Waals surface area contributed by atoms with Crippen molar-refractivity contribution < 1.29 is 23.0 Å². The summed E-state index contributed by atoms with van der Waals surface area (Å²) >= 11 is 0. The lowest BCUT2D eigenvalue weighted by atomic mass is 9.86. The molecule has 9 nitrogen and oxygen atoms in total. The number of morpholine rings is 1. The normalized spacial score (nSPS) is 29.4. The third-order valence-electron chi connectivity index (χ3n) is 8.74. The van der Waals surface area contributed by atoms with Crippen molar-refractivity contribution in [3.63, 3.8) is 0 Å². The number of halogens is 2. The average Bonchev–Trinajstić information content (AvgIpc) is 2.98. The van der Waals surface area contributed by atoms with Gasteiger partial charge in [-0.3, -0.25) is 14.8 Å². The predicted octanol–water partition coefficient (Wildman–Crippen LogP) is 3.34. The molecule has 1 N–H and O–H groups in total. The van der Waals surface area contributed by atoms with Crippen LogP contribution in [0, 0.1) is 0 Å². The number of nitrogens with zero attached hydrogens (tertiary/aromatic N) is 5. The number of hydrogen-bond donors (Lipinski definition) is 1. The zero-order chi connectivity index (χ0) is 27.7. The highest BCUT2D eigenvalue weighted by atomic mass is 19.1. The van der Waals surface area contributed by atoms with Crippen LogP contribution in [0.1, 0.15) is 37.4 Å². The first-order valence-corrected chi connectivity index (χ1v) is 14.0. The second-order valence-electron chi connectivity index (χ2n) is 11.1. The fraction of sp³-hybridized carbons (Fsp3) is 0.552. The average molecular weight is 555 g/mol. The summed E-state index contributed by atoms with van der Waals surface area (Å²) in [4.78, 5) is 27.0. The molecule has 5 heterocycles. The fourth-order valence-electron chi connectivity index (χ4n) is 6.69. The molecule has 0 radical (unpaired) electrons. The Morgan fingerprint density at radius 2 is 1.85 bits per heavy atom. The molecule has 3 fully saturated rings. The fourth-order valence-corrected chi connectivity index (χ4v) is 6.69. The Morgan fingerprint density at radius 3 is 2.55 bits per heavy atom. The predicted molar refractivity (Wildman–Crippen MR) is 147 cm³/mol. The van der Waals surface area contributed by atoms with Crippen molar-refractivity contribution >= 4 is 23.9 Å². The maximum absolute atomic E-state index is 15.9. The molecule has 40 heavy (non-hydrogen) atoms. The number of rotatable bonds is 6. The molecule has 0 aromatic carbocycles. The minimum atomic E-state index is -1.37. The Kier molecular flexibility index (Phi) is 7.56. The van der Waals surface area contributed by atoms with E-state index < -0.39 is 17.5 Å². The Hall–Kier alpha value is -2.99. The Bertz CT molecular complexity index is 1230. The number of alkyl halides is 1. The van der Waals surface area contributed by atoms with Gasteiger partial charge in [-0.1, -0.05) is 0 Å². The van der Waals surface area contributed by atoms with Gasteiger partial charge in [-0.2, -0.15) is 0 Å². The molecule has 3 saturated heterocycles. The van der Waals surface area contributed by atoms with Gasteiger partial charge in [0.05, 0.1) is 30.1 Å². The van der Waals surface area contributed by atoms with Crippen LogP contribution in [-0.4, -0.2) is 96.5 Å². The summed E-state index contributed by atoms with van der Waals surface area (Å²) in [5, 5.41) is 3.57. The minimum absolute atomic E-state index is 0.0896. The molecule has 3 aliphatic heterocycles. The molecule has 6 rings (SSSR count). The van der Waals surface area contributed by atoms with E-state index in [1.807, 2.05) is 36.1 Å². The largest absolute Gasteiger partial charge is 0.381 e. The molecule has 2 aromatic heterocycles. The molecule has 1 aliphatic carbocycles. The number of fused-ring (bicyclic) bond motifs is 1. The summed E-state index contributed by atoms with van der Waals surface area (Å²) in [5.74, 6) is 0.149. The summed E-state index contributed by atoms with van der Waals surface area (Å²) in [7, 11) is 0. The van der Waals surface area contributed by atoms with Crippen molar-refractivity contribution in [3.05, 3.63) is 53.7 Å². The molecule has 3 unspecified atom stereocenters. The van der Waals surface area contributed by atoms with E-state index in [1.54, 1.807) is 17.3 Å². The van der Waals surface area contributed by atoms with E-state index in [0.717, 1.165) is 17.5 Å². The molecule has 2 aromatic rings. The molecule has 0 bridgehead atoms. The molecule has 11 heteroatoms. The number of anilines is 2. The second kappa shape index (κ2) is 11.1. The van der Waals surface area contributed by atoms with E-state index in [-0.39, 0.29) is 24.8 Å². The highest BCUT2D eigenvalue weighted by Crippen LogP contribution is 2.43. The van der Waals surface area contributed by atoms with Crippen LogP contribution in [0.4, 0.5) is 20.3 Å². The number of hydrogen-bond acceptors (Lipinski definition) is 9. The summed E-state index contributed by atoms with van der Waals surface area (Å²) in [6.07, 6.45) is 5.71. The molecule has 4 aliphatic rings. The van der Waals surface area contributed by atoms with E-state index in [9.17, 15) is 4.79 Å². The smallest absolute Gasteiger partial charge is 0.186 e. The zero-order valence-electron chi connectivity index (χ0n) is 22.8. The van der Waals surface area contributed by atoms with Gasteiger partial charge in [-0.15, -0.1) is 0 Å². The van der Waals surface area contributed by atoms with Gasteiger partial charge < -0.3 is 24.5 Å². The van der Waals surface area contributed by atoms with Crippen LogP contribution in [0.25, 0.3) is 6.08 Å². The van der Waals surface area contributed by atoms with Crippen LogP contribution in [0.2, 0.25) is 0 Å². The monoisotopic (exact) mass is 554 g/mol. The Balaban J connectivity index is 1.33. The van der Waals surface area contributed by atoms with Crippen molar-refractivity contribution in [1.29, 1.82) is 0 Å². The van der Waals surface area contributed by atoms with Gasteiger partial charge in [0.25, 0.3) is 0 Å². The van der Waals surface area contributed by atoms with E-state index >= 15 is 8.78 Å². The third kappa shape index (κ3) is 4.89. The molecule has 3 atom stereocenters. The number of carbonyl (C=O) groups is 1. The SMILES string of the molecule is CC1CN(C2(C=O)CCOCC2)CC(F)N1c1ccc2c(n1)C=C(F)CC2(Nc1cccnc1)N1CCOCC1. The van der Waals surface area contributed by atoms with Gasteiger partial charge >= 0.3 is 0 Å². The summed E-state index contributed by atoms with van der Waals surface area (Å²) < 4.78 is 42.4. The van der Waals surface area contributed by atoms with Crippen LogP contribution in [0.15, 0.2) is 42.5 Å². The summed E-state index contributed by atoms with van der Waals surface area (Å²) in [5.41, 5.74) is 0.468. The number of carbonyl (C=O) groups excluding carboxylic acids is 1. The Morgan fingerprint density at radius 1 is 1.07 bits per heavy atom. The van der Waals surface area contributed by atoms with Crippen LogP contribution in [-0.2, 0) is 19.9 Å². The van der Waals surface area contributed by atoms with Crippen molar-refractivity contribution in [2.45, 2.75) is 49.7 Å². The van der Waals surface area contributed by atoms with E-state index in [2.05, 4.69) is 15.2 Å². The van der Waals surface area contributed by atoms with Crippen LogP contribution < -0.4 is 10.2 Å². The van der Waals surface area contributed by atoms with Gasteiger partial charge in [-0.05, 0) is 50.1 Å². The molecule has 0 spiro atoms. The lowest BCUT2D eigenvalue weighted by Crippen LogP contribution is -2.65.